The lowest BCUT2D eigenvalue weighted by molar-refractivity contribution is -0.136. The molecular formula is C30H24Cl2N2O7S. The minimum absolute atomic E-state index is 0.0551. The minimum Gasteiger partial charge on any atom is -0.493 e. The molecule has 2 aromatic carbocycles. The lowest BCUT2D eigenvalue weighted by Crippen LogP contribution is -2.40. The Morgan fingerprint density at radius 2 is 1.95 bits per heavy atom. The monoisotopic (exact) mass is 626 g/mol. The van der Waals surface area contributed by atoms with Crippen molar-refractivity contribution in [1.82, 2.24) is 4.57 Å². The summed E-state index contributed by atoms with van der Waals surface area (Å²) in [7, 11) is 1.27. The van der Waals surface area contributed by atoms with Crippen molar-refractivity contribution in [3.8, 4) is 17.1 Å². The first-order valence-corrected chi connectivity index (χ1v) is 14.4. The molecule has 1 aliphatic heterocycles. The van der Waals surface area contributed by atoms with E-state index in [2.05, 4.69) is 4.99 Å². The lowest BCUT2D eigenvalue weighted by Gasteiger charge is -2.26. The summed E-state index contributed by atoms with van der Waals surface area (Å²) in [6, 6.07) is 12.0. The number of hydrogen-bond donors (Lipinski definition) is 1. The second kappa shape index (κ2) is 12.0. The molecule has 0 bridgehead atoms. The van der Waals surface area contributed by atoms with Crippen LogP contribution in [0.1, 0.15) is 48.0 Å². The van der Waals surface area contributed by atoms with Gasteiger partial charge in [0, 0.05) is 22.2 Å². The van der Waals surface area contributed by atoms with Gasteiger partial charge >= 0.3 is 11.9 Å². The molecule has 0 radical (unpaired) electrons. The van der Waals surface area contributed by atoms with Crippen molar-refractivity contribution in [2.45, 2.75) is 26.3 Å². The molecule has 0 aliphatic carbocycles. The maximum atomic E-state index is 13.9. The van der Waals surface area contributed by atoms with Gasteiger partial charge in [0.15, 0.2) is 4.80 Å². The van der Waals surface area contributed by atoms with E-state index in [1.54, 1.807) is 49.4 Å². The van der Waals surface area contributed by atoms with E-state index in [9.17, 15) is 19.5 Å². The highest BCUT2D eigenvalue weighted by molar-refractivity contribution is 7.07. The van der Waals surface area contributed by atoms with Gasteiger partial charge in [0.2, 0.25) is 0 Å². The molecule has 2 aromatic heterocycles. The third-order valence-corrected chi connectivity index (χ3v) is 8.08. The Labute approximate surface area is 253 Å². The Hall–Kier alpha value is -4.12. The van der Waals surface area contributed by atoms with E-state index in [0.717, 1.165) is 17.8 Å². The Morgan fingerprint density at radius 3 is 2.67 bits per heavy atom. The third kappa shape index (κ3) is 5.53. The number of ether oxygens (including phenoxy) is 2. The molecule has 1 aliphatic rings. The van der Waals surface area contributed by atoms with Gasteiger partial charge in [0.25, 0.3) is 5.56 Å². The van der Waals surface area contributed by atoms with Gasteiger partial charge in [-0.2, -0.15) is 0 Å². The number of aromatic carboxylic acids is 1. The average molecular weight is 628 g/mol. The molecule has 0 unspecified atom stereocenters. The van der Waals surface area contributed by atoms with Gasteiger partial charge in [-0.15, -0.1) is 0 Å². The highest BCUT2D eigenvalue weighted by atomic mass is 35.5. The second-order valence-electron chi connectivity index (χ2n) is 9.31. The third-order valence-electron chi connectivity index (χ3n) is 6.54. The zero-order chi connectivity index (χ0) is 30.1. The predicted molar refractivity (Wildman–Crippen MR) is 159 cm³/mol. The Bertz CT molecular complexity index is 1940. The normalized spacial score (nSPS) is 14.9. The molecule has 0 fully saturated rings. The van der Waals surface area contributed by atoms with Crippen molar-refractivity contribution in [2.24, 2.45) is 4.99 Å². The van der Waals surface area contributed by atoms with Crippen LogP contribution >= 0.6 is 34.5 Å². The van der Waals surface area contributed by atoms with Crippen LogP contribution in [-0.2, 0) is 9.53 Å². The lowest BCUT2D eigenvalue weighted by atomic mass is 9.95. The Morgan fingerprint density at radius 1 is 1.17 bits per heavy atom. The highest BCUT2D eigenvalue weighted by Crippen LogP contribution is 2.37. The number of carbonyl (C=O) groups excluding carboxylic acids is 1. The molecular weight excluding hydrogens is 603 g/mol. The van der Waals surface area contributed by atoms with Gasteiger partial charge in [-0.05, 0) is 61.9 Å². The largest absolute Gasteiger partial charge is 0.493 e. The fourth-order valence-electron chi connectivity index (χ4n) is 4.62. The number of methoxy groups -OCH3 is 1. The summed E-state index contributed by atoms with van der Waals surface area (Å²) in [5.74, 6) is -0.551. The molecule has 1 atom stereocenters. The van der Waals surface area contributed by atoms with Crippen LogP contribution in [0.2, 0.25) is 10.0 Å². The van der Waals surface area contributed by atoms with Crippen LogP contribution in [0, 0.1) is 0 Å². The first-order chi connectivity index (χ1) is 20.1. The fourth-order valence-corrected chi connectivity index (χ4v) is 6.03. The summed E-state index contributed by atoms with van der Waals surface area (Å²) < 4.78 is 18.7. The maximum absolute atomic E-state index is 13.9. The number of esters is 1. The SMILES string of the molecule is CCCOc1ccc(Cl)cc1[C@@H]1C(C(=O)OC)=C(C)N=c2s/c(=C/c3ccc(-c4ccc(Cl)c(C(=O)O)c4)o3)c(=O)n21. The summed E-state index contributed by atoms with van der Waals surface area (Å²) in [5, 5.41) is 9.92. The minimum atomic E-state index is -1.16. The molecule has 3 heterocycles. The molecule has 42 heavy (non-hydrogen) atoms. The van der Waals surface area contributed by atoms with Crippen molar-refractivity contribution >= 4 is 52.6 Å². The highest BCUT2D eigenvalue weighted by Gasteiger charge is 2.35. The second-order valence-corrected chi connectivity index (χ2v) is 11.2. The van der Waals surface area contributed by atoms with E-state index in [1.807, 2.05) is 6.92 Å². The molecule has 0 saturated carbocycles. The van der Waals surface area contributed by atoms with Crippen LogP contribution in [0.3, 0.4) is 0 Å². The van der Waals surface area contributed by atoms with E-state index >= 15 is 0 Å². The molecule has 9 nitrogen and oxygen atoms in total. The van der Waals surface area contributed by atoms with Crippen LogP contribution in [-0.4, -0.2) is 35.3 Å². The molecule has 0 saturated heterocycles. The van der Waals surface area contributed by atoms with Crippen LogP contribution in [0.15, 0.2) is 74.0 Å². The molecule has 1 N–H and O–H groups in total. The number of aromatic nitrogens is 1. The number of hydrogen-bond acceptors (Lipinski definition) is 8. The van der Waals surface area contributed by atoms with Gasteiger partial charge in [-0.1, -0.05) is 41.5 Å². The van der Waals surface area contributed by atoms with Gasteiger partial charge in [-0.3, -0.25) is 9.36 Å². The topological polar surface area (TPSA) is 120 Å². The Balaban J connectivity index is 1.65. The predicted octanol–water partition coefficient (Wildman–Crippen LogP) is 5.46. The Kier molecular flexibility index (Phi) is 8.40. The molecule has 0 spiro atoms. The zero-order valence-corrected chi connectivity index (χ0v) is 25.0. The number of nitrogens with zero attached hydrogens (tertiary/aromatic N) is 2. The fraction of sp³-hybridized carbons (Fsp3) is 0.200. The standard InChI is InChI=1S/C30H24Cl2N2O7S/c1-4-11-40-23-9-6-17(31)13-20(23)26-25(29(38)39-3)15(2)33-30-34(26)27(35)24(42-30)14-18-7-10-22(41-18)16-5-8-21(32)19(12-16)28(36)37/h5-10,12-14,26H,4,11H2,1-3H3,(H,36,37)/b24-14+/t26-/m1/s1. The number of carbonyl (C=O) groups is 2. The van der Waals surface area contributed by atoms with Crippen LogP contribution in [0.5, 0.6) is 5.75 Å². The molecule has 0 amide bonds. The van der Waals surface area contributed by atoms with E-state index in [0.29, 0.717) is 55.1 Å². The van der Waals surface area contributed by atoms with Crippen molar-refractivity contribution in [1.29, 1.82) is 0 Å². The number of carboxylic acid groups (broad SMARTS) is 1. The van der Waals surface area contributed by atoms with Crippen molar-refractivity contribution in [3.63, 3.8) is 0 Å². The summed E-state index contributed by atoms with van der Waals surface area (Å²) in [4.78, 5) is 43.4. The zero-order valence-electron chi connectivity index (χ0n) is 22.6. The quantitative estimate of drug-likeness (QED) is 0.258. The molecule has 12 heteroatoms. The molecule has 4 aromatic rings. The van der Waals surface area contributed by atoms with Gasteiger partial charge in [0.1, 0.15) is 23.3 Å². The van der Waals surface area contributed by atoms with Crippen LogP contribution in [0.4, 0.5) is 0 Å². The summed E-state index contributed by atoms with van der Waals surface area (Å²) in [6.07, 6.45) is 2.32. The maximum Gasteiger partial charge on any atom is 0.338 e. The van der Waals surface area contributed by atoms with Gasteiger partial charge < -0.3 is 19.0 Å². The summed E-state index contributed by atoms with van der Waals surface area (Å²) in [6.45, 7) is 4.08. The van der Waals surface area contributed by atoms with Crippen molar-refractivity contribution in [3.05, 3.63) is 106 Å². The summed E-state index contributed by atoms with van der Waals surface area (Å²) >= 11 is 13.5. The number of rotatable bonds is 8. The first-order valence-electron chi connectivity index (χ1n) is 12.8. The number of fused-ring (bicyclic) bond motifs is 1. The van der Waals surface area contributed by atoms with Gasteiger partial charge in [0.05, 0.1) is 40.1 Å². The first kappa shape index (κ1) is 29.4. The van der Waals surface area contributed by atoms with E-state index in [1.165, 1.54) is 23.8 Å². The van der Waals surface area contributed by atoms with Crippen LogP contribution in [0.25, 0.3) is 17.4 Å². The molecule has 216 valence electrons. The van der Waals surface area contributed by atoms with Crippen LogP contribution < -0.4 is 19.6 Å². The number of allylic oxidation sites excluding steroid dienone is 1. The van der Waals surface area contributed by atoms with E-state index in [4.69, 9.17) is 37.1 Å². The number of benzene rings is 2. The smallest absolute Gasteiger partial charge is 0.338 e. The van der Waals surface area contributed by atoms with Crippen molar-refractivity contribution < 1.29 is 28.6 Å². The van der Waals surface area contributed by atoms with Crippen molar-refractivity contribution in [2.75, 3.05) is 13.7 Å². The van der Waals surface area contributed by atoms with E-state index in [-0.39, 0.29) is 16.2 Å². The molecule has 5 rings (SSSR count). The summed E-state index contributed by atoms with van der Waals surface area (Å²) in [5.41, 5.74) is 1.17. The number of halogens is 2. The number of furan rings is 1. The average Bonchev–Trinajstić information content (AvgIpc) is 3.55. The van der Waals surface area contributed by atoms with E-state index < -0.39 is 23.5 Å². The van der Waals surface area contributed by atoms with Gasteiger partial charge in [-0.25, -0.2) is 14.6 Å². The number of carboxylic acids is 1. The number of thiazole rings is 1.